The van der Waals surface area contributed by atoms with Crippen molar-refractivity contribution in [3.8, 4) is 0 Å². The van der Waals surface area contributed by atoms with Gasteiger partial charge in [-0.15, -0.1) is 0 Å². The van der Waals surface area contributed by atoms with Gasteiger partial charge in [0, 0.05) is 5.69 Å². The van der Waals surface area contributed by atoms with E-state index in [9.17, 15) is 4.79 Å². The fourth-order valence-corrected chi connectivity index (χ4v) is 2.50. The number of hydrogen-bond acceptors (Lipinski definition) is 3. The van der Waals surface area contributed by atoms with Crippen molar-refractivity contribution in [1.82, 2.24) is 5.16 Å². The van der Waals surface area contributed by atoms with Crippen LogP contribution in [0.3, 0.4) is 0 Å². The number of carbonyl (C=O) groups is 1. The molecule has 0 spiro atoms. The molecule has 1 amide bonds. The summed E-state index contributed by atoms with van der Waals surface area (Å²) in [4.78, 5) is 12.5. The van der Waals surface area contributed by atoms with Crippen LogP contribution < -0.4 is 5.32 Å². The van der Waals surface area contributed by atoms with E-state index in [-0.39, 0.29) is 5.91 Å². The van der Waals surface area contributed by atoms with E-state index >= 15 is 0 Å². The van der Waals surface area contributed by atoms with Crippen LogP contribution >= 0.6 is 0 Å². The molecule has 4 nitrogen and oxygen atoms in total. The molecule has 4 heteroatoms. The summed E-state index contributed by atoms with van der Waals surface area (Å²) in [5.41, 5.74) is 5.41. The minimum Gasteiger partial charge on any atom is -0.361 e. The SMILES string of the molecule is CCc1noc(C)c1C(=O)Nc1c(C)cc(C)cc1C. The maximum Gasteiger partial charge on any atom is 0.261 e. The summed E-state index contributed by atoms with van der Waals surface area (Å²) in [6.45, 7) is 9.75. The normalized spacial score (nSPS) is 10.7. The van der Waals surface area contributed by atoms with Crippen molar-refractivity contribution in [3.63, 3.8) is 0 Å². The van der Waals surface area contributed by atoms with Gasteiger partial charge in [-0.1, -0.05) is 29.8 Å². The summed E-state index contributed by atoms with van der Waals surface area (Å²) >= 11 is 0. The Kier molecular flexibility index (Phi) is 3.93. The second-order valence-corrected chi connectivity index (χ2v) is 5.14. The molecule has 106 valence electrons. The van der Waals surface area contributed by atoms with Crippen LogP contribution in [0.4, 0.5) is 5.69 Å². The van der Waals surface area contributed by atoms with E-state index < -0.39 is 0 Å². The quantitative estimate of drug-likeness (QED) is 0.926. The van der Waals surface area contributed by atoms with Gasteiger partial charge in [0.15, 0.2) is 0 Å². The van der Waals surface area contributed by atoms with Gasteiger partial charge in [0.05, 0.1) is 5.69 Å². The van der Waals surface area contributed by atoms with E-state index in [4.69, 9.17) is 4.52 Å². The van der Waals surface area contributed by atoms with Crippen molar-refractivity contribution in [2.45, 2.75) is 41.0 Å². The second-order valence-electron chi connectivity index (χ2n) is 5.14. The van der Waals surface area contributed by atoms with Gasteiger partial charge in [-0.2, -0.15) is 0 Å². The first-order chi connectivity index (χ1) is 9.43. The largest absolute Gasteiger partial charge is 0.361 e. The molecule has 0 radical (unpaired) electrons. The Morgan fingerprint density at radius 3 is 2.35 bits per heavy atom. The van der Waals surface area contributed by atoms with Gasteiger partial charge in [-0.25, -0.2) is 0 Å². The van der Waals surface area contributed by atoms with Gasteiger partial charge < -0.3 is 9.84 Å². The fourth-order valence-electron chi connectivity index (χ4n) is 2.50. The molecule has 0 bridgehead atoms. The van der Waals surface area contributed by atoms with Crippen LogP contribution in [-0.2, 0) is 6.42 Å². The van der Waals surface area contributed by atoms with Gasteiger partial charge in [0.25, 0.3) is 5.91 Å². The van der Waals surface area contributed by atoms with Crippen molar-refractivity contribution in [2.75, 3.05) is 5.32 Å². The van der Waals surface area contributed by atoms with Crippen molar-refractivity contribution in [1.29, 1.82) is 0 Å². The molecule has 1 aromatic heterocycles. The molecule has 1 aromatic carbocycles. The fraction of sp³-hybridized carbons (Fsp3) is 0.375. The monoisotopic (exact) mass is 272 g/mol. The molecule has 0 saturated heterocycles. The van der Waals surface area contributed by atoms with E-state index in [1.807, 2.05) is 27.7 Å². The highest BCUT2D eigenvalue weighted by atomic mass is 16.5. The van der Waals surface area contributed by atoms with E-state index in [0.717, 1.165) is 16.8 Å². The summed E-state index contributed by atoms with van der Waals surface area (Å²) in [5.74, 6) is 0.400. The zero-order chi connectivity index (χ0) is 14.9. The first kappa shape index (κ1) is 14.3. The van der Waals surface area contributed by atoms with Crippen LogP contribution in [0.25, 0.3) is 0 Å². The van der Waals surface area contributed by atoms with E-state index in [2.05, 4.69) is 22.6 Å². The molecule has 20 heavy (non-hydrogen) atoms. The maximum absolute atomic E-state index is 12.5. The summed E-state index contributed by atoms with van der Waals surface area (Å²) in [6.07, 6.45) is 0.673. The third kappa shape index (κ3) is 2.59. The van der Waals surface area contributed by atoms with Crippen molar-refractivity contribution in [2.24, 2.45) is 0 Å². The Morgan fingerprint density at radius 2 is 1.80 bits per heavy atom. The topological polar surface area (TPSA) is 55.1 Å². The molecule has 1 heterocycles. The molecular formula is C16H20N2O2. The number of aromatic nitrogens is 1. The lowest BCUT2D eigenvalue weighted by Crippen LogP contribution is -2.16. The molecule has 2 aromatic rings. The Balaban J connectivity index is 2.35. The highest BCUT2D eigenvalue weighted by molar-refractivity contribution is 6.06. The lowest BCUT2D eigenvalue weighted by molar-refractivity contribution is 0.102. The van der Waals surface area contributed by atoms with Crippen molar-refractivity contribution < 1.29 is 9.32 Å². The molecule has 0 unspecified atom stereocenters. The molecule has 1 N–H and O–H groups in total. The lowest BCUT2D eigenvalue weighted by atomic mass is 10.0. The molecule has 0 aliphatic rings. The van der Waals surface area contributed by atoms with Crippen LogP contribution in [0.1, 0.15) is 45.4 Å². The second kappa shape index (κ2) is 5.49. The summed E-state index contributed by atoms with van der Waals surface area (Å²) in [5, 5.41) is 6.90. The highest BCUT2D eigenvalue weighted by Gasteiger charge is 2.20. The Labute approximate surface area is 119 Å². The summed E-state index contributed by atoms with van der Waals surface area (Å²) < 4.78 is 5.11. The first-order valence-electron chi connectivity index (χ1n) is 6.78. The standard InChI is InChI=1S/C16H20N2O2/c1-6-13-14(12(5)20-18-13)16(19)17-15-10(3)7-9(2)8-11(15)4/h7-8H,6H2,1-5H3,(H,17,19). The lowest BCUT2D eigenvalue weighted by Gasteiger charge is -2.12. The van der Waals surface area contributed by atoms with Crippen molar-refractivity contribution >= 4 is 11.6 Å². The molecule has 2 rings (SSSR count). The highest BCUT2D eigenvalue weighted by Crippen LogP contribution is 2.24. The van der Waals surface area contributed by atoms with Crippen LogP contribution in [0, 0.1) is 27.7 Å². The van der Waals surface area contributed by atoms with Crippen LogP contribution in [0.15, 0.2) is 16.7 Å². The summed E-state index contributed by atoms with van der Waals surface area (Å²) in [6, 6.07) is 4.12. The third-order valence-corrected chi connectivity index (χ3v) is 3.41. The number of rotatable bonds is 3. The Bertz CT molecular complexity index is 633. The molecule has 0 aliphatic heterocycles. The Hall–Kier alpha value is -2.10. The Morgan fingerprint density at radius 1 is 1.20 bits per heavy atom. The zero-order valence-electron chi connectivity index (χ0n) is 12.6. The van der Waals surface area contributed by atoms with Gasteiger partial charge in [-0.3, -0.25) is 4.79 Å². The number of carbonyl (C=O) groups excluding carboxylic acids is 1. The van der Waals surface area contributed by atoms with E-state index in [1.165, 1.54) is 5.56 Å². The third-order valence-electron chi connectivity index (χ3n) is 3.41. The molecule has 0 aliphatic carbocycles. The number of nitrogens with zero attached hydrogens (tertiary/aromatic N) is 1. The number of amides is 1. The molecule has 0 atom stereocenters. The van der Waals surface area contributed by atoms with Gasteiger partial charge in [-0.05, 0) is 45.2 Å². The van der Waals surface area contributed by atoms with Crippen molar-refractivity contribution in [3.05, 3.63) is 45.8 Å². The summed E-state index contributed by atoms with van der Waals surface area (Å²) in [7, 11) is 0. The number of hydrogen-bond donors (Lipinski definition) is 1. The van der Waals surface area contributed by atoms with Crippen LogP contribution in [-0.4, -0.2) is 11.1 Å². The molecule has 0 fully saturated rings. The number of aryl methyl sites for hydroxylation is 5. The minimum atomic E-state index is -0.157. The average molecular weight is 272 g/mol. The predicted octanol–water partition coefficient (Wildman–Crippen LogP) is 3.72. The minimum absolute atomic E-state index is 0.157. The molecular weight excluding hydrogens is 252 g/mol. The maximum atomic E-state index is 12.5. The van der Waals surface area contributed by atoms with Crippen LogP contribution in [0.5, 0.6) is 0 Å². The molecule has 0 saturated carbocycles. The van der Waals surface area contributed by atoms with Gasteiger partial charge in [0.2, 0.25) is 0 Å². The first-order valence-corrected chi connectivity index (χ1v) is 6.78. The average Bonchev–Trinajstić information content (AvgIpc) is 2.74. The number of anilines is 1. The zero-order valence-corrected chi connectivity index (χ0v) is 12.6. The van der Waals surface area contributed by atoms with Crippen LogP contribution in [0.2, 0.25) is 0 Å². The van der Waals surface area contributed by atoms with Gasteiger partial charge >= 0.3 is 0 Å². The predicted molar refractivity (Wildman–Crippen MR) is 79.2 cm³/mol. The smallest absolute Gasteiger partial charge is 0.261 e. The van der Waals surface area contributed by atoms with E-state index in [0.29, 0.717) is 23.4 Å². The number of benzene rings is 1. The van der Waals surface area contributed by atoms with E-state index in [1.54, 1.807) is 6.92 Å². The van der Waals surface area contributed by atoms with Gasteiger partial charge in [0.1, 0.15) is 11.3 Å². The number of nitrogens with one attached hydrogen (secondary N) is 1.